The highest BCUT2D eigenvalue weighted by atomic mass is 32.2. The fourth-order valence-corrected chi connectivity index (χ4v) is 5.11. The van der Waals surface area contributed by atoms with Gasteiger partial charge in [-0.15, -0.1) is 0 Å². The number of carbonyl (C=O) groups is 1. The molecular formula is C20H20F2N2O4S. The minimum atomic E-state index is -3.95. The number of para-hydroxylation sites is 1. The van der Waals surface area contributed by atoms with Crippen molar-refractivity contribution in [1.82, 2.24) is 9.21 Å². The van der Waals surface area contributed by atoms with Gasteiger partial charge in [-0.25, -0.2) is 17.2 Å². The Balaban J connectivity index is 1.40. The molecule has 2 aliphatic heterocycles. The molecule has 9 heteroatoms. The Hall–Kier alpha value is -2.52. The first-order valence-corrected chi connectivity index (χ1v) is 10.7. The quantitative estimate of drug-likeness (QED) is 0.760. The SMILES string of the molecule is O=C([C@@H]1COc2ccccc2C1)N1CCN(S(=O)(=O)c2ccc(F)c(F)c2)CC1. The molecule has 4 rings (SSSR count). The predicted molar refractivity (Wildman–Crippen MR) is 101 cm³/mol. The Labute approximate surface area is 167 Å². The number of nitrogens with zero attached hydrogens (tertiary/aromatic N) is 2. The van der Waals surface area contributed by atoms with Gasteiger partial charge in [0, 0.05) is 26.2 Å². The van der Waals surface area contributed by atoms with Crippen LogP contribution in [0.1, 0.15) is 5.56 Å². The minimum absolute atomic E-state index is 0.0654. The van der Waals surface area contributed by atoms with Gasteiger partial charge >= 0.3 is 0 Å². The van der Waals surface area contributed by atoms with E-state index in [0.717, 1.165) is 23.4 Å². The van der Waals surface area contributed by atoms with Crippen LogP contribution in [0.3, 0.4) is 0 Å². The van der Waals surface area contributed by atoms with E-state index >= 15 is 0 Å². The van der Waals surface area contributed by atoms with Crippen LogP contribution < -0.4 is 4.74 Å². The van der Waals surface area contributed by atoms with Gasteiger partial charge in [-0.3, -0.25) is 4.79 Å². The van der Waals surface area contributed by atoms with E-state index in [0.29, 0.717) is 19.1 Å². The molecule has 1 amide bonds. The summed E-state index contributed by atoms with van der Waals surface area (Å²) in [5, 5.41) is 0. The van der Waals surface area contributed by atoms with Gasteiger partial charge in [0.2, 0.25) is 15.9 Å². The number of sulfonamides is 1. The summed E-state index contributed by atoms with van der Waals surface area (Å²) in [6.07, 6.45) is 0.586. The molecule has 0 aromatic heterocycles. The molecule has 0 spiro atoms. The molecule has 0 unspecified atom stereocenters. The van der Waals surface area contributed by atoms with Gasteiger partial charge in [-0.1, -0.05) is 18.2 Å². The van der Waals surface area contributed by atoms with E-state index in [1.807, 2.05) is 24.3 Å². The number of hydrogen-bond acceptors (Lipinski definition) is 4. The average Bonchev–Trinajstić information content (AvgIpc) is 2.74. The van der Waals surface area contributed by atoms with Crippen molar-refractivity contribution >= 4 is 15.9 Å². The second-order valence-electron chi connectivity index (χ2n) is 7.13. The molecule has 0 saturated carbocycles. The smallest absolute Gasteiger partial charge is 0.243 e. The summed E-state index contributed by atoms with van der Waals surface area (Å²) in [5.74, 6) is -1.89. The van der Waals surface area contributed by atoms with Crippen LogP contribution in [0.2, 0.25) is 0 Å². The predicted octanol–water partition coefficient (Wildman–Crippen LogP) is 2.05. The molecule has 29 heavy (non-hydrogen) atoms. The fourth-order valence-electron chi connectivity index (χ4n) is 3.68. The third-order valence-electron chi connectivity index (χ3n) is 5.31. The van der Waals surface area contributed by atoms with Crippen LogP contribution in [0.4, 0.5) is 8.78 Å². The first-order chi connectivity index (χ1) is 13.9. The fraction of sp³-hybridized carbons (Fsp3) is 0.350. The summed E-state index contributed by atoms with van der Waals surface area (Å²) in [6.45, 7) is 0.956. The van der Waals surface area contributed by atoms with E-state index in [9.17, 15) is 22.0 Å². The molecule has 0 bridgehead atoms. The van der Waals surface area contributed by atoms with Crippen LogP contribution in [-0.2, 0) is 21.2 Å². The Kier molecular flexibility index (Phi) is 5.26. The van der Waals surface area contributed by atoms with Crippen LogP contribution in [0.5, 0.6) is 5.75 Å². The second kappa shape index (κ2) is 7.72. The normalized spacial score (nSPS) is 20.1. The van der Waals surface area contributed by atoms with Crippen LogP contribution in [0.15, 0.2) is 47.4 Å². The summed E-state index contributed by atoms with van der Waals surface area (Å²) < 4.78 is 58.8. The number of rotatable bonds is 3. The molecule has 6 nitrogen and oxygen atoms in total. The zero-order valence-electron chi connectivity index (χ0n) is 15.6. The van der Waals surface area contributed by atoms with Crippen molar-refractivity contribution in [3.05, 3.63) is 59.7 Å². The molecule has 0 N–H and O–H groups in total. The van der Waals surface area contributed by atoms with Gasteiger partial charge in [0.1, 0.15) is 12.4 Å². The van der Waals surface area contributed by atoms with Gasteiger partial charge in [-0.2, -0.15) is 4.31 Å². The van der Waals surface area contributed by atoms with Crippen molar-refractivity contribution < 1.29 is 26.7 Å². The van der Waals surface area contributed by atoms with Gasteiger partial charge in [-0.05, 0) is 36.2 Å². The first kappa shape index (κ1) is 19.8. The second-order valence-corrected chi connectivity index (χ2v) is 9.06. The number of amides is 1. The van der Waals surface area contributed by atoms with E-state index in [2.05, 4.69) is 0 Å². The van der Waals surface area contributed by atoms with Crippen LogP contribution >= 0.6 is 0 Å². The Morgan fingerprint density at radius 3 is 2.45 bits per heavy atom. The maximum atomic E-state index is 13.4. The molecule has 2 aromatic rings. The van der Waals surface area contributed by atoms with Crippen LogP contribution in [0.25, 0.3) is 0 Å². The van der Waals surface area contributed by atoms with E-state index in [-0.39, 0.29) is 42.9 Å². The number of ether oxygens (including phenoxy) is 1. The number of piperazine rings is 1. The average molecular weight is 422 g/mol. The molecule has 1 saturated heterocycles. The number of benzene rings is 2. The summed E-state index contributed by atoms with van der Waals surface area (Å²) in [4.78, 5) is 14.2. The van der Waals surface area contributed by atoms with Crippen molar-refractivity contribution in [3.8, 4) is 5.75 Å². The molecule has 1 fully saturated rings. The Morgan fingerprint density at radius 2 is 1.72 bits per heavy atom. The lowest BCUT2D eigenvalue weighted by Crippen LogP contribution is -2.52. The van der Waals surface area contributed by atoms with Crippen molar-refractivity contribution in [2.45, 2.75) is 11.3 Å². The topological polar surface area (TPSA) is 66.9 Å². The maximum absolute atomic E-state index is 13.4. The van der Waals surface area contributed by atoms with Crippen molar-refractivity contribution in [1.29, 1.82) is 0 Å². The third-order valence-corrected chi connectivity index (χ3v) is 7.20. The third kappa shape index (κ3) is 3.84. The van der Waals surface area contributed by atoms with E-state index < -0.39 is 21.7 Å². The number of fused-ring (bicyclic) bond motifs is 1. The van der Waals surface area contributed by atoms with Crippen molar-refractivity contribution in [2.24, 2.45) is 5.92 Å². The molecule has 1 atom stereocenters. The van der Waals surface area contributed by atoms with Gasteiger partial charge < -0.3 is 9.64 Å². The molecule has 0 aliphatic carbocycles. The van der Waals surface area contributed by atoms with Gasteiger partial charge in [0.25, 0.3) is 0 Å². The summed E-state index contributed by atoms with van der Waals surface area (Å²) >= 11 is 0. The highest BCUT2D eigenvalue weighted by Gasteiger charge is 2.34. The Morgan fingerprint density at radius 1 is 1.00 bits per heavy atom. The van der Waals surface area contributed by atoms with Crippen LogP contribution in [-0.4, -0.2) is 56.3 Å². The molecule has 0 radical (unpaired) electrons. The zero-order valence-corrected chi connectivity index (χ0v) is 16.4. The maximum Gasteiger partial charge on any atom is 0.243 e. The summed E-state index contributed by atoms with van der Waals surface area (Å²) in [5.41, 5.74) is 0.983. The molecule has 154 valence electrons. The largest absolute Gasteiger partial charge is 0.492 e. The first-order valence-electron chi connectivity index (χ1n) is 9.31. The lowest BCUT2D eigenvalue weighted by Gasteiger charge is -2.36. The summed E-state index contributed by atoms with van der Waals surface area (Å²) in [6, 6.07) is 10.1. The molecule has 2 aliphatic rings. The van der Waals surface area contributed by atoms with E-state index in [1.165, 1.54) is 4.31 Å². The highest BCUT2D eigenvalue weighted by Crippen LogP contribution is 2.28. The van der Waals surface area contributed by atoms with Gasteiger partial charge in [0.15, 0.2) is 11.6 Å². The molecular weight excluding hydrogens is 402 g/mol. The van der Waals surface area contributed by atoms with E-state index in [4.69, 9.17) is 4.74 Å². The molecule has 2 aromatic carbocycles. The zero-order chi connectivity index (χ0) is 20.6. The Bertz CT molecular complexity index is 1040. The number of carbonyl (C=O) groups excluding carboxylic acids is 1. The standard InChI is InChI=1S/C20H20F2N2O4S/c21-17-6-5-16(12-18(17)22)29(26,27)24-9-7-23(8-10-24)20(25)15-11-14-3-1-2-4-19(14)28-13-15/h1-6,12,15H,7-11,13H2/t15-/m0/s1. The summed E-state index contributed by atoms with van der Waals surface area (Å²) in [7, 11) is -3.95. The van der Waals surface area contributed by atoms with Crippen molar-refractivity contribution in [2.75, 3.05) is 32.8 Å². The number of hydrogen-bond donors (Lipinski definition) is 0. The molecule has 2 heterocycles. The lowest BCUT2D eigenvalue weighted by molar-refractivity contribution is -0.138. The number of halogens is 2. The monoisotopic (exact) mass is 422 g/mol. The lowest BCUT2D eigenvalue weighted by atomic mass is 9.95. The highest BCUT2D eigenvalue weighted by molar-refractivity contribution is 7.89. The van der Waals surface area contributed by atoms with Crippen LogP contribution in [0, 0.1) is 17.6 Å². The van der Waals surface area contributed by atoms with Crippen molar-refractivity contribution in [3.63, 3.8) is 0 Å². The van der Waals surface area contributed by atoms with Gasteiger partial charge in [0.05, 0.1) is 10.8 Å². The minimum Gasteiger partial charge on any atom is -0.492 e. The van der Waals surface area contributed by atoms with E-state index in [1.54, 1.807) is 4.90 Å².